The fraction of sp³-hybridized carbons (Fsp3) is 0.292. The van der Waals surface area contributed by atoms with Gasteiger partial charge in [-0.15, -0.1) is 0 Å². The number of anilines is 1. The first-order valence-electron chi connectivity index (χ1n) is 10.7. The summed E-state index contributed by atoms with van der Waals surface area (Å²) in [6, 6.07) is 5.77. The van der Waals surface area contributed by atoms with Crippen molar-refractivity contribution >= 4 is 22.9 Å². The molecule has 4 aromatic rings. The fourth-order valence-corrected chi connectivity index (χ4v) is 4.42. The molecule has 0 fully saturated rings. The van der Waals surface area contributed by atoms with Crippen LogP contribution in [0.5, 0.6) is 0 Å². The van der Waals surface area contributed by atoms with Gasteiger partial charge in [0.05, 0.1) is 35.2 Å². The Labute approximate surface area is 185 Å². The second kappa shape index (κ2) is 7.71. The quantitative estimate of drug-likeness (QED) is 0.496. The molecule has 0 radical (unpaired) electrons. The Kier molecular flexibility index (Phi) is 4.84. The summed E-state index contributed by atoms with van der Waals surface area (Å²) in [6.45, 7) is 12.1. The maximum absolute atomic E-state index is 13.4. The lowest BCUT2D eigenvalue weighted by atomic mass is 10.0. The number of hydrogen-bond donors (Lipinski definition) is 0. The maximum Gasteiger partial charge on any atom is 0.355 e. The summed E-state index contributed by atoms with van der Waals surface area (Å²) in [6.07, 6.45) is 7.12. The molecular formula is C24H25N7O. The summed E-state index contributed by atoms with van der Waals surface area (Å²) >= 11 is 0. The van der Waals surface area contributed by atoms with E-state index in [-0.39, 0.29) is 11.6 Å². The highest BCUT2D eigenvalue weighted by Gasteiger charge is 2.25. The van der Waals surface area contributed by atoms with Crippen molar-refractivity contribution in [2.24, 2.45) is 0 Å². The Hall–Kier alpha value is -3.81. The minimum absolute atomic E-state index is 0.150. The molecule has 0 spiro atoms. The largest absolute Gasteiger partial charge is 0.355 e. The van der Waals surface area contributed by atoms with E-state index >= 15 is 0 Å². The minimum Gasteiger partial charge on any atom is -0.348 e. The molecule has 0 aliphatic carbocycles. The van der Waals surface area contributed by atoms with Gasteiger partial charge in [-0.05, 0) is 42.7 Å². The highest BCUT2D eigenvalue weighted by Crippen LogP contribution is 2.30. The molecule has 0 aromatic carbocycles. The molecule has 0 N–H and O–H groups in total. The van der Waals surface area contributed by atoms with Gasteiger partial charge in [0.25, 0.3) is 0 Å². The summed E-state index contributed by atoms with van der Waals surface area (Å²) in [4.78, 5) is 33.7. The minimum atomic E-state index is -0.352. The number of aryl methyl sites for hydroxylation is 1. The van der Waals surface area contributed by atoms with Gasteiger partial charge < -0.3 is 9.47 Å². The molecule has 1 aliphatic rings. The molecule has 0 amide bonds. The normalized spacial score (nSPS) is 13.6. The number of hydrogen-bond acceptors (Lipinski definition) is 6. The zero-order valence-electron chi connectivity index (χ0n) is 18.5. The van der Waals surface area contributed by atoms with Crippen molar-refractivity contribution in [1.29, 1.82) is 0 Å². The lowest BCUT2D eigenvalue weighted by Gasteiger charge is -2.30. The average molecular weight is 428 g/mol. The maximum atomic E-state index is 13.4. The van der Waals surface area contributed by atoms with E-state index in [9.17, 15) is 4.79 Å². The molecular weight excluding hydrogens is 402 g/mol. The summed E-state index contributed by atoms with van der Waals surface area (Å²) in [7, 11) is 0. The molecule has 8 heteroatoms. The predicted octanol–water partition coefficient (Wildman–Crippen LogP) is 3.47. The van der Waals surface area contributed by atoms with Crippen molar-refractivity contribution in [2.75, 3.05) is 11.4 Å². The molecule has 32 heavy (non-hydrogen) atoms. The van der Waals surface area contributed by atoms with Crippen LogP contribution in [-0.4, -0.2) is 35.6 Å². The zero-order valence-corrected chi connectivity index (χ0v) is 18.5. The van der Waals surface area contributed by atoms with Crippen LogP contribution in [0.3, 0.4) is 0 Å². The van der Waals surface area contributed by atoms with Gasteiger partial charge in [-0.25, -0.2) is 19.3 Å². The van der Waals surface area contributed by atoms with Crippen molar-refractivity contribution in [1.82, 2.24) is 29.1 Å². The standard InChI is InChI=1S/C24H25N7O/c1-5-19-27-13-17-14-29(11-12-30(17)19)23-18-7-6-9-26-22(18)31(24(32)28-23)21-16(4)8-10-25-20(21)15(2)3/h5-10,13,15H,1,11-12,14H2,2-4H3. The SMILES string of the molecule is C=Cc1ncc2n1CCN(c1nc(=O)n(-c3c(C)ccnc3C(C)C)c3ncccc13)C2. The van der Waals surface area contributed by atoms with Crippen LogP contribution in [0, 0.1) is 6.92 Å². The first-order chi connectivity index (χ1) is 15.5. The van der Waals surface area contributed by atoms with E-state index in [1.807, 2.05) is 31.3 Å². The van der Waals surface area contributed by atoms with E-state index in [0.717, 1.165) is 40.4 Å². The van der Waals surface area contributed by atoms with Crippen LogP contribution in [0.15, 0.2) is 48.2 Å². The summed E-state index contributed by atoms with van der Waals surface area (Å²) < 4.78 is 3.76. The zero-order chi connectivity index (χ0) is 22.4. The number of nitrogens with zero attached hydrogens (tertiary/aromatic N) is 7. The molecule has 162 valence electrons. The molecule has 0 bridgehead atoms. The third-order valence-electron chi connectivity index (χ3n) is 5.95. The van der Waals surface area contributed by atoms with E-state index in [0.29, 0.717) is 24.6 Å². The monoisotopic (exact) mass is 427 g/mol. The van der Waals surface area contributed by atoms with Gasteiger partial charge in [0.2, 0.25) is 0 Å². The van der Waals surface area contributed by atoms with E-state index in [1.54, 1.807) is 23.0 Å². The molecule has 0 unspecified atom stereocenters. The Morgan fingerprint density at radius 3 is 2.75 bits per heavy atom. The molecule has 1 aliphatic heterocycles. The summed E-state index contributed by atoms with van der Waals surface area (Å²) in [5.41, 5.74) is 3.89. The van der Waals surface area contributed by atoms with Crippen LogP contribution < -0.4 is 10.6 Å². The number of pyridine rings is 2. The van der Waals surface area contributed by atoms with Gasteiger partial charge >= 0.3 is 5.69 Å². The molecule has 8 nitrogen and oxygen atoms in total. The van der Waals surface area contributed by atoms with E-state index in [4.69, 9.17) is 0 Å². The van der Waals surface area contributed by atoms with Gasteiger partial charge in [-0.1, -0.05) is 20.4 Å². The fourth-order valence-electron chi connectivity index (χ4n) is 4.42. The Morgan fingerprint density at radius 1 is 1.12 bits per heavy atom. The van der Waals surface area contributed by atoms with Gasteiger partial charge in [0.1, 0.15) is 11.6 Å². The lowest BCUT2D eigenvalue weighted by Crippen LogP contribution is -2.36. The van der Waals surface area contributed by atoms with Crippen molar-refractivity contribution in [3.05, 3.63) is 76.6 Å². The van der Waals surface area contributed by atoms with Gasteiger partial charge in [-0.2, -0.15) is 4.98 Å². The van der Waals surface area contributed by atoms with Crippen molar-refractivity contribution in [3.8, 4) is 5.69 Å². The van der Waals surface area contributed by atoms with Crippen LogP contribution >= 0.6 is 0 Å². The smallest absolute Gasteiger partial charge is 0.348 e. The third-order valence-corrected chi connectivity index (χ3v) is 5.95. The Balaban J connectivity index is 1.70. The molecule has 0 saturated carbocycles. The van der Waals surface area contributed by atoms with E-state index in [2.05, 4.69) is 49.8 Å². The van der Waals surface area contributed by atoms with Crippen LogP contribution in [-0.2, 0) is 13.1 Å². The first-order valence-corrected chi connectivity index (χ1v) is 10.7. The second-order valence-corrected chi connectivity index (χ2v) is 8.33. The number of rotatable bonds is 4. The average Bonchev–Trinajstić information content (AvgIpc) is 3.21. The second-order valence-electron chi connectivity index (χ2n) is 8.33. The summed E-state index contributed by atoms with van der Waals surface area (Å²) in [5, 5.41) is 0.835. The molecule has 0 atom stereocenters. The highest BCUT2D eigenvalue weighted by molar-refractivity contribution is 5.88. The Bertz CT molecular complexity index is 1400. The number of aromatic nitrogens is 6. The predicted molar refractivity (Wildman–Crippen MR) is 125 cm³/mol. The highest BCUT2D eigenvalue weighted by atomic mass is 16.1. The molecule has 0 saturated heterocycles. The van der Waals surface area contributed by atoms with Crippen LogP contribution in [0.1, 0.15) is 42.5 Å². The van der Waals surface area contributed by atoms with Crippen molar-refractivity contribution in [3.63, 3.8) is 0 Å². The van der Waals surface area contributed by atoms with Crippen molar-refractivity contribution < 1.29 is 0 Å². The van der Waals surface area contributed by atoms with E-state index in [1.165, 1.54) is 0 Å². The van der Waals surface area contributed by atoms with Crippen molar-refractivity contribution in [2.45, 2.75) is 39.8 Å². The first kappa shape index (κ1) is 20.1. The Morgan fingerprint density at radius 2 is 1.97 bits per heavy atom. The molecule has 5 rings (SSSR count). The lowest BCUT2D eigenvalue weighted by molar-refractivity contribution is 0.564. The number of fused-ring (bicyclic) bond motifs is 2. The van der Waals surface area contributed by atoms with Gasteiger partial charge in [0.15, 0.2) is 5.65 Å². The van der Waals surface area contributed by atoms with E-state index < -0.39 is 0 Å². The van der Waals surface area contributed by atoms with Crippen LogP contribution in [0.25, 0.3) is 22.8 Å². The molecule has 5 heterocycles. The van der Waals surface area contributed by atoms with Gasteiger partial charge in [-0.3, -0.25) is 4.98 Å². The summed E-state index contributed by atoms with van der Waals surface area (Å²) in [5.74, 6) is 1.66. The third kappa shape index (κ3) is 3.10. The molecule has 4 aromatic heterocycles. The van der Waals surface area contributed by atoms with Gasteiger partial charge in [0, 0.05) is 25.5 Å². The number of imidazole rings is 1. The van der Waals surface area contributed by atoms with Crippen LogP contribution in [0.2, 0.25) is 0 Å². The topological polar surface area (TPSA) is 81.7 Å². The van der Waals surface area contributed by atoms with Crippen LogP contribution in [0.4, 0.5) is 5.82 Å².